The predicted molar refractivity (Wildman–Crippen MR) is 109 cm³/mol. The molecule has 0 radical (unpaired) electrons. The number of phenolic OH excluding ortho intramolecular Hbond substituents is 1. The molecule has 1 heterocycles. The van der Waals surface area contributed by atoms with E-state index in [0.29, 0.717) is 22.5 Å². The van der Waals surface area contributed by atoms with Gasteiger partial charge in [0, 0.05) is 22.6 Å². The van der Waals surface area contributed by atoms with E-state index in [4.69, 9.17) is 4.74 Å². The molecular weight excluding hydrogens is 408 g/mol. The number of alkyl halides is 2. The molecule has 31 heavy (non-hydrogen) atoms. The second-order valence-corrected chi connectivity index (χ2v) is 6.96. The fourth-order valence-corrected chi connectivity index (χ4v) is 3.33. The number of para-hydroxylation sites is 1. The summed E-state index contributed by atoms with van der Waals surface area (Å²) < 4.78 is 35.9. The highest BCUT2D eigenvalue weighted by Gasteiger charge is 2.20. The zero-order valence-corrected chi connectivity index (χ0v) is 17.2. The van der Waals surface area contributed by atoms with Crippen LogP contribution in [-0.2, 0) is 4.74 Å². The molecule has 0 fully saturated rings. The molecule has 0 amide bonds. The summed E-state index contributed by atoms with van der Waals surface area (Å²) in [5, 5.41) is 9.99. The SMILES string of the molecule is Cc1cccc(C(=O)OCC(=O)c2cc(C)n(-c3ccc(OC(F)F)cc3)c2C)c1O. The van der Waals surface area contributed by atoms with Crippen molar-refractivity contribution in [2.24, 2.45) is 0 Å². The third-order valence-corrected chi connectivity index (χ3v) is 4.84. The minimum absolute atomic E-state index is 0.00983. The van der Waals surface area contributed by atoms with Crippen LogP contribution in [-0.4, -0.2) is 34.6 Å². The number of ketones is 1. The Bertz CT molecular complexity index is 1120. The standard InChI is InChI=1S/C23H21F2NO5/c1-13-5-4-6-18(21(13)28)22(29)30-12-20(27)19-11-14(2)26(15(19)3)16-7-9-17(10-8-16)31-23(24)25/h4-11,23,28H,12H2,1-3H3. The van der Waals surface area contributed by atoms with Gasteiger partial charge >= 0.3 is 12.6 Å². The first-order chi connectivity index (χ1) is 14.7. The number of esters is 1. The molecular formula is C23H21F2NO5. The molecule has 0 aliphatic heterocycles. The zero-order valence-electron chi connectivity index (χ0n) is 17.2. The van der Waals surface area contributed by atoms with Gasteiger partial charge in [0.05, 0.1) is 0 Å². The molecule has 0 aliphatic carbocycles. The second kappa shape index (κ2) is 8.99. The number of aromatic hydroxyl groups is 1. The number of hydrogen-bond acceptors (Lipinski definition) is 5. The van der Waals surface area contributed by atoms with Crippen LogP contribution >= 0.6 is 0 Å². The number of nitrogens with zero attached hydrogens (tertiary/aromatic N) is 1. The van der Waals surface area contributed by atoms with Crippen LogP contribution in [0.3, 0.4) is 0 Å². The lowest BCUT2D eigenvalue weighted by atomic mass is 10.1. The Morgan fingerprint density at radius 3 is 2.35 bits per heavy atom. The Kier molecular flexibility index (Phi) is 6.39. The highest BCUT2D eigenvalue weighted by atomic mass is 19.3. The molecule has 1 N–H and O–H groups in total. The first kappa shape index (κ1) is 22.0. The van der Waals surface area contributed by atoms with Crippen LogP contribution < -0.4 is 4.74 Å². The summed E-state index contributed by atoms with van der Waals surface area (Å²) in [6.45, 7) is 1.78. The van der Waals surface area contributed by atoms with Gasteiger partial charge in [-0.25, -0.2) is 4.79 Å². The maximum Gasteiger partial charge on any atom is 0.387 e. The quantitative estimate of drug-likeness (QED) is 0.433. The lowest BCUT2D eigenvalue weighted by Crippen LogP contribution is -2.15. The van der Waals surface area contributed by atoms with Crippen molar-refractivity contribution in [1.82, 2.24) is 4.57 Å². The third-order valence-electron chi connectivity index (χ3n) is 4.84. The molecule has 2 aromatic carbocycles. The normalized spacial score (nSPS) is 10.9. The Hall–Kier alpha value is -3.68. The predicted octanol–water partition coefficient (Wildman–Crippen LogP) is 4.75. The first-order valence-corrected chi connectivity index (χ1v) is 9.42. The van der Waals surface area contributed by atoms with Gasteiger partial charge in [0.2, 0.25) is 5.78 Å². The summed E-state index contributed by atoms with van der Waals surface area (Å²) in [7, 11) is 0. The number of phenols is 1. The number of carbonyl (C=O) groups is 2. The second-order valence-electron chi connectivity index (χ2n) is 6.96. The van der Waals surface area contributed by atoms with Crippen molar-refractivity contribution in [3.8, 4) is 17.2 Å². The third kappa shape index (κ3) is 4.74. The fourth-order valence-electron chi connectivity index (χ4n) is 3.33. The maximum absolute atomic E-state index is 12.7. The smallest absolute Gasteiger partial charge is 0.387 e. The number of carbonyl (C=O) groups excluding carboxylic acids is 2. The van der Waals surface area contributed by atoms with Gasteiger partial charge in [-0.15, -0.1) is 0 Å². The maximum atomic E-state index is 12.7. The van der Waals surface area contributed by atoms with E-state index in [9.17, 15) is 23.5 Å². The van der Waals surface area contributed by atoms with Crippen molar-refractivity contribution in [3.05, 3.63) is 76.6 Å². The van der Waals surface area contributed by atoms with Crippen molar-refractivity contribution in [3.63, 3.8) is 0 Å². The number of rotatable bonds is 7. The number of benzene rings is 2. The van der Waals surface area contributed by atoms with Crippen molar-refractivity contribution in [2.45, 2.75) is 27.4 Å². The van der Waals surface area contributed by atoms with Crippen LogP contribution in [0.2, 0.25) is 0 Å². The molecule has 0 atom stereocenters. The van der Waals surface area contributed by atoms with E-state index in [1.54, 1.807) is 55.7 Å². The molecule has 1 aromatic heterocycles. The number of hydrogen-bond donors (Lipinski definition) is 1. The Morgan fingerprint density at radius 2 is 1.71 bits per heavy atom. The molecule has 0 saturated heterocycles. The van der Waals surface area contributed by atoms with Crippen molar-refractivity contribution >= 4 is 11.8 Å². The van der Waals surface area contributed by atoms with E-state index in [0.717, 1.165) is 5.69 Å². The molecule has 0 unspecified atom stereocenters. The Morgan fingerprint density at radius 1 is 1.03 bits per heavy atom. The van der Waals surface area contributed by atoms with Gasteiger partial charge in [-0.3, -0.25) is 4.79 Å². The average Bonchev–Trinajstić information content (AvgIpc) is 3.02. The minimum atomic E-state index is -2.91. The molecule has 3 aromatic rings. The molecule has 0 saturated carbocycles. The van der Waals surface area contributed by atoms with Gasteiger partial charge < -0.3 is 19.1 Å². The molecule has 6 nitrogen and oxygen atoms in total. The molecule has 3 rings (SSSR count). The van der Waals surface area contributed by atoms with E-state index in [1.165, 1.54) is 18.2 Å². The lowest BCUT2D eigenvalue weighted by molar-refractivity contribution is -0.0498. The number of halogens is 2. The molecule has 0 aliphatic rings. The van der Waals surface area contributed by atoms with Gasteiger partial charge in [-0.2, -0.15) is 8.78 Å². The summed E-state index contributed by atoms with van der Waals surface area (Å²) in [6, 6.07) is 12.4. The van der Waals surface area contributed by atoms with Crippen molar-refractivity contribution in [2.75, 3.05) is 6.61 Å². The summed E-state index contributed by atoms with van der Waals surface area (Å²) in [5.41, 5.74) is 2.90. The average molecular weight is 429 g/mol. The van der Waals surface area contributed by atoms with Crippen LogP contribution in [0.5, 0.6) is 11.5 Å². The highest BCUT2D eigenvalue weighted by molar-refractivity contribution is 6.01. The molecule has 0 spiro atoms. The number of Topliss-reactive ketones (excluding diaryl/α,β-unsaturated/α-hetero) is 1. The largest absolute Gasteiger partial charge is 0.507 e. The van der Waals surface area contributed by atoms with E-state index in [1.807, 2.05) is 0 Å². The van der Waals surface area contributed by atoms with Crippen molar-refractivity contribution in [1.29, 1.82) is 0 Å². The lowest BCUT2D eigenvalue weighted by Gasteiger charge is -2.11. The molecule has 8 heteroatoms. The van der Waals surface area contributed by atoms with Crippen molar-refractivity contribution < 1.29 is 33.0 Å². The van der Waals surface area contributed by atoms with Gasteiger partial charge in [0.25, 0.3) is 0 Å². The van der Waals surface area contributed by atoms with Crippen LogP contribution in [0.25, 0.3) is 5.69 Å². The summed E-state index contributed by atoms with van der Waals surface area (Å²) in [5.74, 6) is -1.35. The van der Waals surface area contributed by atoms with Crippen LogP contribution in [0.1, 0.15) is 37.7 Å². The van der Waals surface area contributed by atoms with Gasteiger partial charge in [-0.1, -0.05) is 12.1 Å². The first-order valence-electron chi connectivity index (χ1n) is 9.42. The van der Waals surface area contributed by atoms with Gasteiger partial charge in [0.1, 0.15) is 17.1 Å². The van der Waals surface area contributed by atoms with E-state index in [2.05, 4.69) is 4.74 Å². The monoisotopic (exact) mass is 429 g/mol. The van der Waals surface area contributed by atoms with Gasteiger partial charge in [-0.05, 0) is 62.7 Å². The summed E-state index contributed by atoms with van der Waals surface area (Å²) in [6.07, 6.45) is 0. The molecule has 162 valence electrons. The topological polar surface area (TPSA) is 77.8 Å². The number of aryl methyl sites for hydroxylation is 2. The summed E-state index contributed by atoms with van der Waals surface area (Å²) >= 11 is 0. The van der Waals surface area contributed by atoms with E-state index < -0.39 is 25.0 Å². The zero-order chi connectivity index (χ0) is 22.7. The number of aromatic nitrogens is 1. The fraction of sp³-hybridized carbons (Fsp3) is 0.217. The highest BCUT2D eigenvalue weighted by Crippen LogP contribution is 2.25. The number of ether oxygens (including phenoxy) is 2. The van der Waals surface area contributed by atoms with Crippen LogP contribution in [0.15, 0.2) is 48.5 Å². The Balaban J connectivity index is 1.76. The van der Waals surface area contributed by atoms with Crippen LogP contribution in [0.4, 0.5) is 8.78 Å². The van der Waals surface area contributed by atoms with Crippen LogP contribution in [0, 0.1) is 20.8 Å². The van der Waals surface area contributed by atoms with Gasteiger partial charge in [0.15, 0.2) is 6.61 Å². The van der Waals surface area contributed by atoms with E-state index in [-0.39, 0.29) is 17.1 Å². The summed E-state index contributed by atoms with van der Waals surface area (Å²) in [4.78, 5) is 24.9. The minimum Gasteiger partial charge on any atom is -0.507 e. The Labute approximate surface area is 177 Å². The van der Waals surface area contributed by atoms with E-state index >= 15 is 0 Å². The molecule has 0 bridgehead atoms.